The smallest absolute Gasteiger partial charge is 0.395 e. The SMILES string of the molecule is CCc1cc(CCC(=O)NCCCCOc2cccc(O)c2C(=O)OC)ccc1N(C(=O)C(=O)O)c1ccccc1C(=O)O. The summed E-state index contributed by atoms with van der Waals surface area (Å²) >= 11 is 0. The number of phenols is 1. The van der Waals surface area contributed by atoms with Crippen LogP contribution < -0.4 is 15.0 Å². The monoisotopic (exact) mass is 606 g/mol. The average molecular weight is 607 g/mol. The van der Waals surface area contributed by atoms with E-state index < -0.39 is 23.8 Å². The number of aromatic hydroxyl groups is 1. The molecule has 0 unspecified atom stereocenters. The Bertz CT molecular complexity index is 1540. The fourth-order valence-corrected chi connectivity index (χ4v) is 4.52. The van der Waals surface area contributed by atoms with E-state index in [1.807, 2.05) is 6.92 Å². The van der Waals surface area contributed by atoms with Crippen molar-refractivity contribution < 1.29 is 48.8 Å². The number of methoxy groups -OCH3 is 1. The van der Waals surface area contributed by atoms with Gasteiger partial charge >= 0.3 is 23.8 Å². The molecule has 0 radical (unpaired) electrons. The third-order valence-corrected chi connectivity index (χ3v) is 6.71. The quantitative estimate of drug-likeness (QED) is 0.119. The molecule has 3 aromatic rings. The number of esters is 1. The van der Waals surface area contributed by atoms with Crippen molar-refractivity contribution in [3.8, 4) is 11.5 Å². The number of hydrogen-bond acceptors (Lipinski definition) is 8. The minimum atomic E-state index is -1.73. The Hall–Kier alpha value is -5.39. The van der Waals surface area contributed by atoms with E-state index in [2.05, 4.69) is 10.1 Å². The molecular formula is C32H34N2O10. The summed E-state index contributed by atoms with van der Waals surface area (Å²) in [5, 5.41) is 31.9. The summed E-state index contributed by atoms with van der Waals surface area (Å²) < 4.78 is 10.3. The highest BCUT2D eigenvalue weighted by atomic mass is 16.5. The van der Waals surface area contributed by atoms with Gasteiger partial charge in [0.1, 0.15) is 17.1 Å². The van der Waals surface area contributed by atoms with Crippen LogP contribution in [0.2, 0.25) is 0 Å². The van der Waals surface area contributed by atoms with Gasteiger partial charge in [-0.1, -0.05) is 37.3 Å². The van der Waals surface area contributed by atoms with Crippen LogP contribution in [0.1, 0.15) is 58.0 Å². The number of ether oxygens (including phenoxy) is 2. The molecule has 232 valence electrons. The fourth-order valence-electron chi connectivity index (χ4n) is 4.52. The molecule has 0 fully saturated rings. The van der Waals surface area contributed by atoms with Gasteiger partial charge in [-0.25, -0.2) is 14.4 Å². The molecule has 3 aromatic carbocycles. The highest BCUT2D eigenvalue weighted by Gasteiger charge is 2.29. The van der Waals surface area contributed by atoms with Crippen molar-refractivity contribution in [2.75, 3.05) is 25.2 Å². The second-order valence-corrected chi connectivity index (χ2v) is 9.63. The Morgan fingerprint density at radius 3 is 2.34 bits per heavy atom. The number of anilines is 2. The number of nitrogens with one attached hydrogen (secondary N) is 1. The maximum Gasteiger partial charge on any atom is 0.395 e. The number of carboxylic acids is 2. The summed E-state index contributed by atoms with van der Waals surface area (Å²) in [5.74, 6) is -5.24. The number of aliphatic carboxylic acids is 1. The number of phenolic OH excluding ortho intramolecular Hbond substituents is 1. The highest BCUT2D eigenvalue weighted by Crippen LogP contribution is 2.33. The van der Waals surface area contributed by atoms with Gasteiger partial charge in [-0.05, 0) is 67.1 Å². The van der Waals surface area contributed by atoms with E-state index in [1.165, 1.54) is 37.4 Å². The largest absolute Gasteiger partial charge is 0.507 e. The second kappa shape index (κ2) is 15.7. The van der Waals surface area contributed by atoms with Gasteiger partial charge in [0.25, 0.3) is 0 Å². The molecule has 0 aromatic heterocycles. The third kappa shape index (κ3) is 8.34. The number of unbranched alkanes of at least 4 members (excludes halogenated alkanes) is 1. The van der Waals surface area contributed by atoms with Crippen molar-refractivity contribution in [3.63, 3.8) is 0 Å². The van der Waals surface area contributed by atoms with E-state index in [1.54, 1.807) is 30.3 Å². The van der Waals surface area contributed by atoms with Crippen LogP contribution in [0, 0.1) is 0 Å². The normalized spacial score (nSPS) is 10.5. The minimum Gasteiger partial charge on any atom is -0.507 e. The van der Waals surface area contributed by atoms with Gasteiger partial charge in [0, 0.05) is 13.0 Å². The van der Waals surface area contributed by atoms with Crippen LogP contribution in [0.25, 0.3) is 0 Å². The third-order valence-electron chi connectivity index (χ3n) is 6.71. The molecule has 12 heteroatoms. The molecule has 0 heterocycles. The van der Waals surface area contributed by atoms with E-state index in [9.17, 15) is 39.3 Å². The maximum absolute atomic E-state index is 12.7. The number of aryl methyl sites for hydroxylation is 2. The van der Waals surface area contributed by atoms with Crippen LogP contribution >= 0.6 is 0 Å². The molecule has 12 nitrogen and oxygen atoms in total. The number of aromatic carboxylic acids is 1. The van der Waals surface area contributed by atoms with Crippen LogP contribution in [0.5, 0.6) is 11.5 Å². The molecule has 3 rings (SSSR count). The summed E-state index contributed by atoms with van der Waals surface area (Å²) in [6.45, 7) is 2.48. The standard InChI is InChI=1S/C32H34N2O10/c1-3-21-19-20(13-15-23(21)34(29(37)31(40)41)24-10-5-4-9-22(24)30(38)39)14-16-27(36)33-17-6-7-18-44-26-12-8-11-25(35)28(26)32(42)43-2/h4-5,8-13,15,19,35H,3,6-7,14,16-18H2,1-2H3,(H,33,36)(H,38,39)(H,40,41). The topological polar surface area (TPSA) is 180 Å². The Morgan fingerprint density at radius 2 is 1.66 bits per heavy atom. The van der Waals surface area contributed by atoms with Crippen molar-refractivity contribution in [1.82, 2.24) is 5.32 Å². The van der Waals surface area contributed by atoms with E-state index in [-0.39, 0.29) is 52.9 Å². The van der Waals surface area contributed by atoms with Gasteiger partial charge < -0.3 is 30.1 Å². The van der Waals surface area contributed by atoms with Crippen molar-refractivity contribution in [3.05, 3.63) is 82.9 Å². The Balaban J connectivity index is 1.57. The molecule has 44 heavy (non-hydrogen) atoms. The van der Waals surface area contributed by atoms with E-state index in [4.69, 9.17) is 4.74 Å². The predicted molar refractivity (Wildman–Crippen MR) is 160 cm³/mol. The average Bonchev–Trinajstić information content (AvgIpc) is 3.01. The molecule has 0 spiro atoms. The van der Waals surface area contributed by atoms with Crippen molar-refractivity contribution in [2.45, 2.75) is 39.0 Å². The molecular weight excluding hydrogens is 572 g/mol. The summed E-state index contributed by atoms with van der Waals surface area (Å²) in [6, 6.07) is 15.2. The molecule has 0 bridgehead atoms. The van der Waals surface area contributed by atoms with Gasteiger partial charge in [0.15, 0.2) is 0 Å². The Labute approximate surface area is 253 Å². The molecule has 0 aliphatic heterocycles. The number of para-hydroxylation sites is 1. The molecule has 0 saturated heterocycles. The number of hydrogen-bond donors (Lipinski definition) is 4. The number of benzene rings is 3. The molecule has 2 amide bonds. The van der Waals surface area contributed by atoms with Gasteiger partial charge in [-0.2, -0.15) is 0 Å². The number of carboxylic acid groups (broad SMARTS) is 2. The summed E-state index contributed by atoms with van der Waals surface area (Å²) in [7, 11) is 1.21. The second-order valence-electron chi connectivity index (χ2n) is 9.63. The summed E-state index contributed by atoms with van der Waals surface area (Å²) in [6.07, 6.45) is 2.17. The summed E-state index contributed by atoms with van der Waals surface area (Å²) in [5.41, 5.74) is 1.31. The first-order chi connectivity index (χ1) is 21.1. The lowest BCUT2D eigenvalue weighted by molar-refractivity contribution is -0.148. The number of carbonyl (C=O) groups excluding carboxylic acids is 3. The molecule has 0 aliphatic carbocycles. The zero-order valence-electron chi connectivity index (χ0n) is 24.4. The first-order valence-electron chi connectivity index (χ1n) is 13.9. The van der Waals surface area contributed by atoms with Gasteiger partial charge in [-0.15, -0.1) is 0 Å². The lowest BCUT2D eigenvalue weighted by Crippen LogP contribution is -2.34. The zero-order chi connectivity index (χ0) is 32.2. The Kier molecular flexibility index (Phi) is 11.8. The zero-order valence-corrected chi connectivity index (χ0v) is 24.4. The number of carbonyl (C=O) groups is 5. The summed E-state index contributed by atoms with van der Waals surface area (Å²) in [4.78, 5) is 61.4. The molecule has 0 aliphatic rings. The van der Waals surface area contributed by atoms with E-state index in [0.29, 0.717) is 37.8 Å². The van der Waals surface area contributed by atoms with Crippen LogP contribution in [0.3, 0.4) is 0 Å². The lowest BCUT2D eigenvalue weighted by Gasteiger charge is -2.25. The Morgan fingerprint density at radius 1 is 0.909 bits per heavy atom. The maximum atomic E-state index is 12.7. The molecule has 0 saturated carbocycles. The van der Waals surface area contributed by atoms with Crippen LogP contribution in [0.4, 0.5) is 11.4 Å². The first kappa shape index (κ1) is 33.1. The van der Waals surface area contributed by atoms with Crippen molar-refractivity contribution >= 4 is 41.1 Å². The van der Waals surface area contributed by atoms with E-state index in [0.717, 1.165) is 10.5 Å². The van der Waals surface area contributed by atoms with Crippen LogP contribution in [-0.4, -0.2) is 65.3 Å². The highest BCUT2D eigenvalue weighted by molar-refractivity contribution is 6.39. The lowest BCUT2D eigenvalue weighted by atomic mass is 10.0. The fraction of sp³-hybridized carbons (Fsp3) is 0.281. The predicted octanol–water partition coefficient (Wildman–Crippen LogP) is 4.10. The van der Waals surface area contributed by atoms with Crippen LogP contribution in [-0.2, 0) is 32.0 Å². The van der Waals surface area contributed by atoms with Gasteiger partial charge in [0.05, 0.1) is 30.7 Å². The number of amides is 2. The van der Waals surface area contributed by atoms with Gasteiger partial charge in [0.2, 0.25) is 5.91 Å². The molecule has 0 atom stereocenters. The minimum absolute atomic E-state index is 0.0474. The van der Waals surface area contributed by atoms with Crippen molar-refractivity contribution in [1.29, 1.82) is 0 Å². The first-order valence-corrected chi connectivity index (χ1v) is 13.9. The van der Waals surface area contributed by atoms with Crippen LogP contribution in [0.15, 0.2) is 60.7 Å². The number of rotatable bonds is 14. The van der Waals surface area contributed by atoms with Gasteiger partial charge in [-0.3, -0.25) is 14.5 Å². The molecule has 4 N–H and O–H groups in total. The number of nitrogens with zero attached hydrogens (tertiary/aromatic N) is 1. The van der Waals surface area contributed by atoms with Crippen molar-refractivity contribution in [2.24, 2.45) is 0 Å². The van der Waals surface area contributed by atoms with E-state index >= 15 is 0 Å².